The number of phosphoric acid groups is 1. The highest BCUT2D eigenvalue weighted by Gasteiger charge is 2.36. The molecule has 0 aromatic carbocycles. The summed E-state index contributed by atoms with van der Waals surface area (Å²) < 4.78 is 32.0. The van der Waals surface area contributed by atoms with Crippen LogP contribution in [0.3, 0.4) is 0 Å². The van der Waals surface area contributed by atoms with E-state index in [1.165, 1.54) is 38.5 Å². The molecule has 2 unspecified atom stereocenters. The number of hydrogen-bond acceptors (Lipinski definition) is 7. The van der Waals surface area contributed by atoms with Gasteiger partial charge in [-0.15, -0.1) is 0 Å². The molecule has 0 aliphatic carbocycles. The standard InChI is InChI=1S/C43H69O9P/c1-3-5-7-9-11-13-14-15-16-17-18-19-20-22-24-26-32-36-43(45)51-39(38-50-53(46,47)48)37-49-42(44)35-31-28-27-30-34-41-40(52-41)33-29-25-23-21-12-10-8-6-4-2/h11-13,15-16,18-19,21-22,24-25,27,29-30,39-41H,3-10,14,17,20,23,26,28,31-38H2,1-2H3,(H2,46,47,48)/b13-11-,16-15-,19-18-,21-12-,24-22-,29-25-,30-27-/t39-,40?,41?/m1/s1. The van der Waals surface area contributed by atoms with Gasteiger partial charge in [-0.1, -0.05) is 125 Å². The van der Waals surface area contributed by atoms with E-state index in [9.17, 15) is 14.2 Å². The van der Waals surface area contributed by atoms with Gasteiger partial charge in [0.2, 0.25) is 0 Å². The molecular weight excluding hydrogens is 691 g/mol. The first kappa shape index (κ1) is 48.2. The molecule has 1 aliphatic heterocycles. The monoisotopic (exact) mass is 760 g/mol. The van der Waals surface area contributed by atoms with Gasteiger partial charge in [0.15, 0.2) is 6.10 Å². The highest BCUT2D eigenvalue weighted by atomic mass is 31.2. The zero-order valence-corrected chi connectivity index (χ0v) is 33.5. The van der Waals surface area contributed by atoms with Crippen molar-refractivity contribution in [3.63, 3.8) is 0 Å². The van der Waals surface area contributed by atoms with Crippen LogP contribution in [0.1, 0.15) is 142 Å². The number of esters is 2. The second-order valence-electron chi connectivity index (χ2n) is 13.3. The molecule has 0 spiro atoms. The van der Waals surface area contributed by atoms with E-state index >= 15 is 0 Å². The molecule has 1 fully saturated rings. The first-order chi connectivity index (χ1) is 25.7. The van der Waals surface area contributed by atoms with E-state index in [1.807, 2.05) is 18.2 Å². The third-order valence-corrected chi connectivity index (χ3v) is 8.77. The minimum Gasteiger partial charge on any atom is -0.462 e. The zero-order valence-electron chi connectivity index (χ0n) is 32.6. The Labute approximate surface area is 320 Å². The van der Waals surface area contributed by atoms with Crippen LogP contribution in [-0.4, -0.2) is 53.3 Å². The minimum absolute atomic E-state index is 0.116. The van der Waals surface area contributed by atoms with Crippen LogP contribution in [0.5, 0.6) is 0 Å². The normalized spacial score (nSPS) is 17.2. The van der Waals surface area contributed by atoms with Crippen LogP contribution in [0.15, 0.2) is 85.1 Å². The van der Waals surface area contributed by atoms with Gasteiger partial charge >= 0.3 is 19.8 Å². The van der Waals surface area contributed by atoms with Crippen molar-refractivity contribution < 1.29 is 42.7 Å². The van der Waals surface area contributed by atoms with Gasteiger partial charge < -0.3 is 24.0 Å². The van der Waals surface area contributed by atoms with Gasteiger partial charge in [0, 0.05) is 12.8 Å². The first-order valence-electron chi connectivity index (χ1n) is 20.0. The van der Waals surface area contributed by atoms with E-state index in [1.54, 1.807) is 0 Å². The van der Waals surface area contributed by atoms with Crippen LogP contribution in [0, 0.1) is 0 Å². The van der Waals surface area contributed by atoms with Gasteiger partial charge in [-0.3, -0.25) is 14.1 Å². The Hall–Kier alpha value is -2.81. The molecule has 0 radical (unpaired) electrons. The molecule has 300 valence electrons. The van der Waals surface area contributed by atoms with Gasteiger partial charge in [0.05, 0.1) is 18.8 Å². The number of allylic oxidation sites excluding steroid dienone is 12. The van der Waals surface area contributed by atoms with Crippen LogP contribution < -0.4 is 0 Å². The van der Waals surface area contributed by atoms with Crippen LogP contribution in [0.4, 0.5) is 0 Å². The molecular formula is C43H69O9P. The molecule has 2 N–H and O–H groups in total. The van der Waals surface area contributed by atoms with Gasteiger partial charge in [-0.2, -0.15) is 0 Å². The number of rotatable bonds is 34. The molecule has 9 nitrogen and oxygen atoms in total. The fourth-order valence-electron chi connectivity index (χ4n) is 5.16. The van der Waals surface area contributed by atoms with Gasteiger partial charge in [0.1, 0.15) is 6.61 Å². The summed E-state index contributed by atoms with van der Waals surface area (Å²) in [6.07, 6.45) is 47.7. The van der Waals surface area contributed by atoms with Crippen molar-refractivity contribution in [2.24, 2.45) is 0 Å². The Bertz CT molecular complexity index is 1190. The summed E-state index contributed by atoms with van der Waals surface area (Å²) in [7, 11) is -4.79. The average Bonchev–Trinajstić information content (AvgIpc) is 3.88. The molecule has 10 heteroatoms. The largest absolute Gasteiger partial charge is 0.469 e. The molecule has 0 saturated carbocycles. The van der Waals surface area contributed by atoms with Crippen molar-refractivity contribution in [3.05, 3.63) is 85.1 Å². The van der Waals surface area contributed by atoms with E-state index < -0.39 is 32.5 Å². The maximum absolute atomic E-state index is 12.4. The zero-order chi connectivity index (χ0) is 38.7. The third-order valence-electron chi connectivity index (χ3n) is 8.29. The van der Waals surface area contributed by atoms with Gasteiger partial charge in [0.25, 0.3) is 0 Å². The lowest BCUT2D eigenvalue weighted by Crippen LogP contribution is -2.29. The number of carbonyl (C=O) groups excluding carboxylic acids is 2. The summed E-state index contributed by atoms with van der Waals surface area (Å²) in [5, 5.41) is 0. The number of phosphoric ester groups is 1. The van der Waals surface area contributed by atoms with E-state index in [-0.39, 0.29) is 31.7 Å². The van der Waals surface area contributed by atoms with Crippen LogP contribution in [-0.2, 0) is 32.9 Å². The minimum atomic E-state index is -4.79. The predicted molar refractivity (Wildman–Crippen MR) is 215 cm³/mol. The van der Waals surface area contributed by atoms with Gasteiger partial charge in [-0.05, 0) is 89.9 Å². The highest BCUT2D eigenvalue weighted by Crippen LogP contribution is 2.36. The van der Waals surface area contributed by atoms with Crippen molar-refractivity contribution in [2.75, 3.05) is 13.2 Å². The fourth-order valence-corrected chi connectivity index (χ4v) is 5.52. The summed E-state index contributed by atoms with van der Waals surface area (Å²) in [5.41, 5.74) is 0. The number of epoxide rings is 1. The molecule has 0 aromatic rings. The number of unbranched alkanes of at least 4 members (excludes halogenated alkanes) is 8. The van der Waals surface area contributed by atoms with Crippen LogP contribution >= 0.6 is 7.82 Å². The molecule has 53 heavy (non-hydrogen) atoms. The molecule has 0 bridgehead atoms. The summed E-state index contributed by atoms with van der Waals surface area (Å²) in [6.45, 7) is 3.50. The van der Waals surface area contributed by atoms with Crippen molar-refractivity contribution in [1.29, 1.82) is 0 Å². The summed E-state index contributed by atoms with van der Waals surface area (Å²) in [6, 6.07) is 0. The predicted octanol–water partition coefficient (Wildman–Crippen LogP) is 11.1. The Morgan fingerprint density at radius 1 is 0.585 bits per heavy atom. The molecule has 1 aliphatic rings. The summed E-state index contributed by atoms with van der Waals surface area (Å²) in [5.74, 6) is -1.03. The first-order valence-corrected chi connectivity index (χ1v) is 21.5. The van der Waals surface area contributed by atoms with Crippen molar-refractivity contribution in [3.8, 4) is 0 Å². The van der Waals surface area contributed by atoms with E-state index in [2.05, 4.69) is 85.2 Å². The molecule has 1 heterocycles. The Kier molecular flexibility index (Phi) is 30.7. The van der Waals surface area contributed by atoms with Crippen molar-refractivity contribution in [2.45, 2.75) is 161 Å². The number of ether oxygens (including phenoxy) is 3. The lowest BCUT2D eigenvalue weighted by molar-refractivity contribution is -0.161. The maximum Gasteiger partial charge on any atom is 0.469 e. The third kappa shape index (κ3) is 33.5. The van der Waals surface area contributed by atoms with Crippen molar-refractivity contribution >= 4 is 19.8 Å². The fraction of sp³-hybridized carbons (Fsp3) is 0.628. The topological polar surface area (TPSA) is 132 Å². The average molecular weight is 761 g/mol. The van der Waals surface area contributed by atoms with E-state index in [4.69, 9.17) is 24.0 Å². The van der Waals surface area contributed by atoms with E-state index in [0.717, 1.165) is 51.4 Å². The second-order valence-corrected chi connectivity index (χ2v) is 14.5. The van der Waals surface area contributed by atoms with E-state index in [0.29, 0.717) is 25.7 Å². The highest BCUT2D eigenvalue weighted by molar-refractivity contribution is 7.46. The Morgan fingerprint density at radius 3 is 1.49 bits per heavy atom. The number of hydrogen-bond donors (Lipinski definition) is 2. The maximum atomic E-state index is 12.4. The SMILES string of the molecule is CCCCC/C=C\C/C=C\C/C=C\C/C=C\CCCC(=O)O[C@H](COC(=O)CCC/C=C\CC1OC1C/C=C\C/C=C\CCCCC)COP(=O)(O)O. The molecule has 0 aromatic heterocycles. The van der Waals surface area contributed by atoms with Crippen molar-refractivity contribution in [1.82, 2.24) is 0 Å². The summed E-state index contributed by atoms with van der Waals surface area (Å²) >= 11 is 0. The molecule has 0 amide bonds. The molecule has 3 atom stereocenters. The lowest BCUT2D eigenvalue weighted by Gasteiger charge is -2.18. The van der Waals surface area contributed by atoms with Gasteiger partial charge in [-0.25, -0.2) is 4.57 Å². The quantitative estimate of drug-likeness (QED) is 0.0216. The molecule has 1 saturated heterocycles. The molecule has 1 rings (SSSR count). The van der Waals surface area contributed by atoms with Crippen LogP contribution in [0.25, 0.3) is 0 Å². The van der Waals surface area contributed by atoms with Crippen LogP contribution in [0.2, 0.25) is 0 Å². The Morgan fingerprint density at radius 2 is 1.00 bits per heavy atom. The smallest absolute Gasteiger partial charge is 0.462 e. The Balaban J connectivity index is 2.19. The number of carbonyl (C=O) groups is 2. The summed E-state index contributed by atoms with van der Waals surface area (Å²) in [4.78, 5) is 42.8. The lowest BCUT2D eigenvalue weighted by atomic mass is 10.1. The second kappa shape index (κ2) is 33.7.